The van der Waals surface area contributed by atoms with Gasteiger partial charge >= 0.3 is 12.1 Å². The molecule has 3 aromatic carbocycles. The SMILES string of the molecule is CCC(=O)CCC(CNC(=O)CC)OC(=O)NCCCOCCOCCOCCCNC(=O)CCC(=O)CCCCCC(COC(=O)CCC(C)=O)COC(c1ccccc1)(c1ccc(OC)cc1)c1ccc(OC)cc1. The van der Waals surface area contributed by atoms with Crippen LogP contribution >= 0.6 is 0 Å². The van der Waals surface area contributed by atoms with Crippen LogP contribution in [0.25, 0.3) is 0 Å². The maximum Gasteiger partial charge on any atom is 0.407 e. The molecule has 3 rings (SSSR count). The number of carbonyl (C=O) groups excluding carboxylic acids is 7. The van der Waals surface area contributed by atoms with Crippen molar-refractivity contribution in [1.82, 2.24) is 16.0 Å². The fraction of sp³-hybridized carbons (Fsp3) is 0.576. The van der Waals surface area contributed by atoms with Crippen molar-refractivity contribution in [2.75, 3.05) is 86.7 Å². The third kappa shape index (κ3) is 27.1. The summed E-state index contributed by atoms with van der Waals surface area (Å²) in [7, 11) is 3.24. The molecule has 0 saturated heterocycles. The second-order valence-corrected chi connectivity index (χ2v) is 18.6. The lowest BCUT2D eigenvalue weighted by molar-refractivity contribution is -0.147. The topological polar surface area (TPSA) is 229 Å². The summed E-state index contributed by atoms with van der Waals surface area (Å²) in [5, 5.41) is 8.22. The Balaban J connectivity index is 1.32. The van der Waals surface area contributed by atoms with Gasteiger partial charge in [0.15, 0.2) is 0 Å². The van der Waals surface area contributed by atoms with Crippen LogP contribution in [0.4, 0.5) is 4.79 Å². The molecule has 0 saturated carbocycles. The average molecular weight is 1080 g/mol. The number of Topliss-reactive ketones (excluding diaryl/α,β-unsaturated/α-hetero) is 3. The molecule has 18 nitrogen and oxygen atoms in total. The van der Waals surface area contributed by atoms with Crippen LogP contribution in [0.5, 0.6) is 11.5 Å². The van der Waals surface area contributed by atoms with Crippen LogP contribution in [-0.4, -0.2) is 134 Å². The Labute approximate surface area is 455 Å². The molecule has 0 fully saturated rings. The van der Waals surface area contributed by atoms with E-state index in [4.69, 9.17) is 37.9 Å². The van der Waals surface area contributed by atoms with E-state index < -0.39 is 23.8 Å². The third-order valence-electron chi connectivity index (χ3n) is 12.6. The summed E-state index contributed by atoms with van der Waals surface area (Å²) in [6.45, 7) is 8.56. The molecular weight excluding hydrogens is 991 g/mol. The lowest BCUT2D eigenvalue weighted by Gasteiger charge is -2.37. The Bertz CT molecular complexity index is 2100. The van der Waals surface area contributed by atoms with Gasteiger partial charge in [-0.2, -0.15) is 0 Å². The van der Waals surface area contributed by atoms with Crippen molar-refractivity contribution < 1.29 is 71.5 Å². The molecule has 426 valence electrons. The number of carbonyl (C=O) groups is 7. The molecule has 77 heavy (non-hydrogen) atoms. The van der Waals surface area contributed by atoms with Gasteiger partial charge in [0.2, 0.25) is 11.8 Å². The number of rotatable bonds is 44. The molecule has 0 aliphatic carbocycles. The van der Waals surface area contributed by atoms with Crippen LogP contribution in [0.2, 0.25) is 0 Å². The zero-order valence-electron chi connectivity index (χ0n) is 46.2. The lowest BCUT2D eigenvalue weighted by atomic mass is 9.79. The minimum atomic E-state index is -1.06. The fourth-order valence-corrected chi connectivity index (χ4v) is 8.05. The van der Waals surface area contributed by atoms with Crippen LogP contribution in [-0.2, 0) is 62.8 Å². The van der Waals surface area contributed by atoms with Gasteiger partial charge in [0.25, 0.3) is 0 Å². The van der Waals surface area contributed by atoms with Crippen molar-refractivity contribution in [3.63, 3.8) is 0 Å². The van der Waals surface area contributed by atoms with Crippen molar-refractivity contribution in [3.05, 3.63) is 95.6 Å². The van der Waals surface area contributed by atoms with E-state index in [1.54, 1.807) is 28.1 Å². The van der Waals surface area contributed by atoms with E-state index in [-0.39, 0.29) is 86.9 Å². The summed E-state index contributed by atoms with van der Waals surface area (Å²) in [5.74, 6) is 0.403. The number of ether oxygens (including phenoxy) is 8. The first-order valence-electron chi connectivity index (χ1n) is 27.2. The molecule has 0 spiro atoms. The lowest BCUT2D eigenvalue weighted by Crippen LogP contribution is -2.38. The van der Waals surface area contributed by atoms with E-state index in [0.717, 1.165) is 29.5 Å². The minimum Gasteiger partial charge on any atom is -0.497 e. The number of hydrogen-bond donors (Lipinski definition) is 3. The molecule has 18 heteroatoms. The Kier molecular flexibility index (Phi) is 33.1. The van der Waals surface area contributed by atoms with Gasteiger partial charge in [0.05, 0.1) is 66.8 Å². The summed E-state index contributed by atoms with van der Waals surface area (Å²) in [5.41, 5.74) is 1.58. The number of unbranched alkanes of at least 4 members (excludes halogenated alkanes) is 2. The predicted molar refractivity (Wildman–Crippen MR) is 291 cm³/mol. The molecular formula is C59H85N3O15. The Morgan fingerprint density at radius 1 is 0.519 bits per heavy atom. The molecule has 2 atom stereocenters. The van der Waals surface area contributed by atoms with Gasteiger partial charge in [-0.1, -0.05) is 81.3 Å². The first-order chi connectivity index (χ1) is 37.3. The number of nitrogens with one attached hydrogen (secondary N) is 3. The van der Waals surface area contributed by atoms with Gasteiger partial charge in [-0.3, -0.25) is 24.0 Å². The van der Waals surface area contributed by atoms with E-state index in [2.05, 4.69) is 16.0 Å². The summed E-state index contributed by atoms with van der Waals surface area (Å²) in [4.78, 5) is 85.2. The summed E-state index contributed by atoms with van der Waals surface area (Å²) in [6, 6.07) is 25.5. The predicted octanol–water partition coefficient (Wildman–Crippen LogP) is 8.17. The second kappa shape index (κ2) is 39.2. The smallest absolute Gasteiger partial charge is 0.407 e. The molecule has 0 aromatic heterocycles. The molecule has 0 heterocycles. The Hall–Kier alpha value is -6.21. The number of benzene rings is 3. The van der Waals surface area contributed by atoms with Crippen molar-refractivity contribution in [2.24, 2.45) is 5.92 Å². The summed E-state index contributed by atoms with van der Waals surface area (Å²) >= 11 is 0. The van der Waals surface area contributed by atoms with Gasteiger partial charge in [0.1, 0.15) is 40.6 Å². The number of amides is 3. The molecule has 3 N–H and O–H groups in total. The fourth-order valence-electron chi connectivity index (χ4n) is 8.05. The van der Waals surface area contributed by atoms with E-state index in [9.17, 15) is 33.6 Å². The highest BCUT2D eigenvalue weighted by molar-refractivity contribution is 5.85. The largest absolute Gasteiger partial charge is 0.497 e. The molecule has 3 amide bonds. The average Bonchev–Trinajstić information content (AvgIpc) is 3.47. The second-order valence-electron chi connectivity index (χ2n) is 18.6. The van der Waals surface area contributed by atoms with Crippen LogP contribution < -0.4 is 25.4 Å². The highest BCUT2D eigenvalue weighted by Gasteiger charge is 2.38. The van der Waals surface area contributed by atoms with Crippen LogP contribution in [0.15, 0.2) is 78.9 Å². The number of esters is 1. The van der Waals surface area contributed by atoms with E-state index >= 15 is 0 Å². The van der Waals surface area contributed by atoms with Crippen LogP contribution in [0, 0.1) is 5.92 Å². The maximum absolute atomic E-state index is 12.8. The first-order valence-corrected chi connectivity index (χ1v) is 27.2. The number of hydrogen-bond acceptors (Lipinski definition) is 15. The van der Waals surface area contributed by atoms with Gasteiger partial charge in [-0.05, 0) is 80.0 Å². The maximum atomic E-state index is 12.8. The van der Waals surface area contributed by atoms with Gasteiger partial charge in [-0.15, -0.1) is 0 Å². The first kappa shape index (κ1) is 65.1. The Morgan fingerprint density at radius 2 is 1.10 bits per heavy atom. The Morgan fingerprint density at radius 3 is 1.68 bits per heavy atom. The summed E-state index contributed by atoms with van der Waals surface area (Å²) < 4.78 is 45.9. The zero-order valence-corrected chi connectivity index (χ0v) is 46.2. The minimum absolute atomic E-state index is 0.00416. The van der Waals surface area contributed by atoms with Crippen molar-refractivity contribution in [1.29, 1.82) is 0 Å². The third-order valence-corrected chi connectivity index (χ3v) is 12.6. The van der Waals surface area contributed by atoms with E-state index in [1.807, 2.05) is 78.9 Å². The van der Waals surface area contributed by atoms with Crippen molar-refractivity contribution >= 4 is 41.2 Å². The molecule has 0 bridgehead atoms. The molecule has 0 aliphatic rings. The number of alkyl carbamates (subject to hydrolysis) is 1. The normalized spacial score (nSPS) is 12.0. The highest BCUT2D eigenvalue weighted by Crippen LogP contribution is 2.42. The van der Waals surface area contributed by atoms with Gasteiger partial charge in [0, 0.05) is 77.2 Å². The number of methoxy groups -OCH3 is 2. The molecule has 0 radical (unpaired) electrons. The number of ketones is 3. The van der Waals surface area contributed by atoms with Gasteiger partial charge in [-0.25, -0.2) is 4.79 Å². The quantitative estimate of drug-likeness (QED) is 0.0276. The molecule has 3 aromatic rings. The molecule has 0 aliphatic heterocycles. The summed E-state index contributed by atoms with van der Waals surface area (Å²) in [6.07, 6.45) is 4.84. The van der Waals surface area contributed by atoms with Crippen LogP contribution in [0.3, 0.4) is 0 Å². The van der Waals surface area contributed by atoms with E-state index in [0.29, 0.717) is 116 Å². The molecule has 2 unspecified atom stereocenters. The monoisotopic (exact) mass is 1080 g/mol. The van der Waals surface area contributed by atoms with Crippen molar-refractivity contribution in [2.45, 2.75) is 129 Å². The zero-order chi connectivity index (χ0) is 55.9. The van der Waals surface area contributed by atoms with Crippen molar-refractivity contribution in [3.8, 4) is 11.5 Å². The van der Waals surface area contributed by atoms with Crippen LogP contribution in [0.1, 0.15) is 134 Å². The van der Waals surface area contributed by atoms with E-state index in [1.165, 1.54) is 6.92 Å². The van der Waals surface area contributed by atoms with Gasteiger partial charge < -0.3 is 58.6 Å². The standard InChI is InChI=1S/C59H85N3O15/c1-6-50(64)25-31-54(42-62-55(66)7-2)77-58(69)61-35-15-37-73-39-41-74-40-38-72-36-14-34-60-56(67)32-26-51(65)19-13-8-10-16-46(43-75-57(68)33-20-45(3)63)44-76-59(47-17-11-9-12-18-47,48-21-27-52(70-4)28-22-48)49-23-29-53(71-5)30-24-49/h9,11-12,17-18,21-24,27-30,46,54H,6-8,10,13-16,19-20,25-26,31-44H2,1-5H3,(H,60,67)(H,61,69)(H,62,66). The highest BCUT2D eigenvalue weighted by atomic mass is 16.6.